The molecule has 0 saturated heterocycles. The van der Waals surface area contributed by atoms with Crippen LogP contribution in [0.15, 0.2) is 115 Å². The average molecular weight is 625 g/mol. The van der Waals surface area contributed by atoms with Crippen LogP contribution in [0.4, 0.5) is 0 Å². The fraction of sp³-hybridized carbons (Fsp3) is 0.0811. The molecule has 0 fully saturated rings. The van der Waals surface area contributed by atoms with Crippen molar-refractivity contribution in [3.05, 3.63) is 154 Å². The lowest BCUT2D eigenvalue weighted by atomic mass is 9.77. The average Bonchev–Trinajstić information content (AvgIpc) is 3.09. The van der Waals surface area contributed by atoms with Crippen LogP contribution in [0.2, 0.25) is 0 Å². The van der Waals surface area contributed by atoms with E-state index in [1.54, 1.807) is 0 Å². The van der Waals surface area contributed by atoms with Crippen LogP contribution in [0.3, 0.4) is 0 Å². The van der Waals surface area contributed by atoms with Crippen molar-refractivity contribution < 1.29 is 38.6 Å². The second kappa shape index (κ2) is 11.2. The Hall–Kier alpha value is -6.42. The Morgan fingerprint density at radius 2 is 1.00 bits per heavy atom. The highest BCUT2D eigenvalue weighted by Gasteiger charge is 2.45. The smallest absolute Gasteiger partial charge is 0.346 e. The number of carboxylic acids is 1. The second-order valence-electron chi connectivity index (χ2n) is 11.2. The topological polar surface area (TPSA) is 147 Å². The molecule has 0 bridgehead atoms. The summed E-state index contributed by atoms with van der Waals surface area (Å²) in [6.45, 7) is 0. The quantitative estimate of drug-likeness (QED) is 0.109. The molecule has 7 rings (SSSR count). The molecule has 230 valence electrons. The van der Waals surface area contributed by atoms with Gasteiger partial charge in [-0.15, -0.1) is 0 Å². The van der Waals surface area contributed by atoms with Crippen LogP contribution in [0, 0.1) is 0 Å². The highest BCUT2D eigenvalue weighted by molar-refractivity contribution is 6.32. The van der Waals surface area contributed by atoms with E-state index in [1.165, 1.54) is 24.3 Å². The molecule has 0 saturated carbocycles. The van der Waals surface area contributed by atoms with Gasteiger partial charge in [0, 0.05) is 21.9 Å². The number of benzene rings is 5. The third kappa shape index (κ3) is 4.57. The van der Waals surface area contributed by atoms with E-state index in [1.807, 2.05) is 91.0 Å². The fourth-order valence-electron chi connectivity index (χ4n) is 6.53. The number of cyclic esters (lactones) is 2. The summed E-state index contributed by atoms with van der Waals surface area (Å²) in [6.07, 6.45) is -0.763. The second-order valence-corrected chi connectivity index (χ2v) is 11.2. The number of amides is 3. The van der Waals surface area contributed by atoms with Gasteiger partial charge in [0.15, 0.2) is 0 Å². The van der Waals surface area contributed by atoms with E-state index >= 15 is 0 Å². The summed E-state index contributed by atoms with van der Waals surface area (Å²) in [5.41, 5.74) is 0.672. The van der Waals surface area contributed by atoms with Gasteiger partial charge in [-0.2, -0.15) is 0 Å². The molecule has 10 heteroatoms. The zero-order valence-electron chi connectivity index (χ0n) is 24.5. The Morgan fingerprint density at radius 3 is 1.40 bits per heavy atom. The summed E-state index contributed by atoms with van der Waals surface area (Å²) >= 11 is 0. The number of nitrogens with zero attached hydrogens (tertiary/aromatic N) is 1. The van der Waals surface area contributed by atoms with Gasteiger partial charge in [-0.25, -0.2) is 14.4 Å². The third-order valence-electron chi connectivity index (χ3n) is 8.61. The molecule has 0 radical (unpaired) electrons. The molecule has 2 N–H and O–H groups in total. The van der Waals surface area contributed by atoms with Gasteiger partial charge < -0.3 is 15.2 Å². The van der Waals surface area contributed by atoms with Gasteiger partial charge in [0.05, 0.1) is 17.5 Å². The number of ether oxygens (including phenoxy) is 1. The predicted octanol–water partition coefficient (Wildman–Crippen LogP) is 4.70. The fourth-order valence-corrected chi connectivity index (χ4v) is 6.53. The van der Waals surface area contributed by atoms with E-state index in [0.717, 1.165) is 0 Å². The van der Waals surface area contributed by atoms with Crippen molar-refractivity contribution in [2.45, 2.75) is 18.0 Å². The molecule has 5 aromatic rings. The van der Waals surface area contributed by atoms with Crippen LogP contribution in [0.1, 0.15) is 64.5 Å². The van der Waals surface area contributed by atoms with E-state index < -0.39 is 53.6 Å². The van der Waals surface area contributed by atoms with Crippen molar-refractivity contribution in [1.29, 1.82) is 0 Å². The minimum Gasteiger partial charge on any atom is -0.480 e. The molecule has 47 heavy (non-hydrogen) atoms. The Balaban J connectivity index is 1.30. The van der Waals surface area contributed by atoms with Crippen molar-refractivity contribution in [2.75, 3.05) is 0 Å². The van der Waals surface area contributed by atoms with Crippen LogP contribution in [-0.4, -0.2) is 51.7 Å². The Kier molecular flexibility index (Phi) is 6.97. The lowest BCUT2D eigenvalue weighted by molar-refractivity contribution is -0.144. The first-order valence-electron chi connectivity index (χ1n) is 14.7. The van der Waals surface area contributed by atoms with E-state index in [-0.39, 0.29) is 33.0 Å². The van der Waals surface area contributed by atoms with E-state index in [4.69, 9.17) is 4.74 Å². The van der Waals surface area contributed by atoms with Gasteiger partial charge in [-0.1, -0.05) is 91.0 Å². The number of aliphatic carboxylic acids is 1. The number of hydrogen-bond acceptors (Lipinski definition) is 7. The van der Waals surface area contributed by atoms with Crippen molar-refractivity contribution >= 4 is 46.4 Å². The van der Waals surface area contributed by atoms with E-state index in [2.05, 4.69) is 5.32 Å². The van der Waals surface area contributed by atoms with Crippen LogP contribution in [0.25, 0.3) is 10.8 Å². The molecule has 1 atom stereocenters. The number of rotatable bonds is 8. The number of hydrogen-bond donors (Lipinski definition) is 2. The van der Waals surface area contributed by atoms with E-state index in [9.17, 15) is 33.9 Å². The molecule has 0 spiro atoms. The predicted molar refractivity (Wildman–Crippen MR) is 168 cm³/mol. The molecule has 3 amide bonds. The van der Waals surface area contributed by atoms with Crippen LogP contribution < -0.4 is 5.32 Å². The van der Waals surface area contributed by atoms with Crippen molar-refractivity contribution in [3.8, 4) is 0 Å². The summed E-state index contributed by atoms with van der Waals surface area (Å²) in [5, 5.41) is 13.6. The van der Waals surface area contributed by atoms with Gasteiger partial charge in [-0.05, 0) is 41.0 Å². The molecular weight excluding hydrogens is 600 g/mol. The zero-order chi connectivity index (χ0) is 32.9. The number of carbonyl (C=O) groups is 6. The first kappa shape index (κ1) is 29.3. The normalized spacial score (nSPS) is 14.5. The van der Waals surface area contributed by atoms with Crippen molar-refractivity contribution in [3.63, 3.8) is 0 Å². The first-order valence-corrected chi connectivity index (χ1v) is 14.7. The highest BCUT2D eigenvalue weighted by atomic mass is 16.6. The molecule has 5 aromatic carbocycles. The lowest BCUT2D eigenvalue weighted by Crippen LogP contribution is -2.54. The van der Waals surface area contributed by atoms with Gasteiger partial charge in [0.2, 0.25) is 5.91 Å². The summed E-state index contributed by atoms with van der Waals surface area (Å²) in [4.78, 5) is 80.1. The molecule has 0 aliphatic carbocycles. The zero-order valence-corrected chi connectivity index (χ0v) is 24.5. The highest BCUT2D eigenvalue weighted by Crippen LogP contribution is 2.39. The lowest BCUT2D eigenvalue weighted by Gasteiger charge is -2.38. The molecular formula is C37H24N2O8. The van der Waals surface area contributed by atoms with Gasteiger partial charge in [-0.3, -0.25) is 19.3 Å². The summed E-state index contributed by atoms with van der Waals surface area (Å²) < 4.78 is 4.78. The van der Waals surface area contributed by atoms with Crippen LogP contribution >= 0.6 is 0 Å². The van der Waals surface area contributed by atoms with Gasteiger partial charge >= 0.3 is 17.9 Å². The molecule has 0 unspecified atom stereocenters. The number of carbonyl (C=O) groups excluding carboxylic acids is 5. The van der Waals surface area contributed by atoms with Crippen LogP contribution in [0.5, 0.6) is 0 Å². The standard InChI is InChI=1S/C37H24N2O8/c40-29(38-37(21-10-4-1-5-11-21,22-12-6-2-7-13-22)23-14-8-3-9-15-23)20-28(34(43)44)39-32(41)24-16-18-26-31-27(36(46)47-35(26)45)19-17-25(30(24)31)33(39)42/h1-19,28H,20H2,(H,38,40)(H,43,44)/t28-/m0/s1. The summed E-state index contributed by atoms with van der Waals surface area (Å²) in [6, 6.07) is 30.8. The molecule has 0 aromatic heterocycles. The maximum atomic E-state index is 14.1. The Bertz CT molecular complexity index is 1980. The number of carboxylic acid groups (broad SMARTS) is 1. The van der Waals surface area contributed by atoms with Gasteiger partial charge in [0.25, 0.3) is 11.8 Å². The maximum absolute atomic E-state index is 14.1. The van der Waals surface area contributed by atoms with Crippen molar-refractivity contribution in [2.24, 2.45) is 0 Å². The minimum atomic E-state index is -1.89. The minimum absolute atomic E-state index is 0.00230. The van der Waals surface area contributed by atoms with Crippen molar-refractivity contribution in [1.82, 2.24) is 10.2 Å². The maximum Gasteiger partial charge on any atom is 0.346 e. The SMILES string of the molecule is O=C(C[C@@H](C(=O)O)N1C(=O)c2ccc3c4c(ccc(c24)C1=O)C(=O)OC3=O)NC(c1ccccc1)(c1ccccc1)c1ccccc1. The first-order chi connectivity index (χ1) is 22.7. The molecule has 2 aliphatic heterocycles. The Morgan fingerprint density at radius 1 is 0.617 bits per heavy atom. The number of imide groups is 1. The third-order valence-corrected chi connectivity index (χ3v) is 8.61. The monoisotopic (exact) mass is 624 g/mol. The molecule has 10 nitrogen and oxygen atoms in total. The molecule has 2 heterocycles. The Labute approximate surface area is 267 Å². The van der Waals surface area contributed by atoms with Crippen LogP contribution in [-0.2, 0) is 19.9 Å². The largest absolute Gasteiger partial charge is 0.480 e. The number of nitrogens with one attached hydrogen (secondary N) is 1. The van der Waals surface area contributed by atoms with Gasteiger partial charge in [0.1, 0.15) is 11.6 Å². The molecule has 2 aliphatic rings. The van der Waals surface area contributed by atoms with E-state index in [0.29, 0.717) is 21.6 Å². The summed E-state index contributed by atoms with van der Waals surface area (Å²) in [7, 11) is 0. The summed E-state index contributed by atoms with van der Waals surface area (Å²) in [5.74, 6) is -6.10. The number of esters is 2.